The molecule has 0 bridgehead atoms. The summed E-state index contributed by atoms with van der Waals surface area (Å²) in [5.74, 6) is 1.39. The summed E-state index contributed by atoms with van der Waals surface area (Å²) in [5.41, 5.74) is 2.19. The monoisotopic (exact) mass is 339 g/mol. The highest BCUT2D eigenvalue weighted by Gasteiger charge is 2.31. The molecule has 1 aliphatic heterocycles. The van der Waals surface area contributed by atoms with Crippen LogP contribution in [0.15, 0.2) is 48.7 Å². The number of methoxy groups -OCH3 is 1. The van der Waals surface area contributed by atoms with Gasteiger partial charge in [0, 0.05) is 18.8 Å². The number of nitrogens with zero attached hydrogens (tertiary/aromatic N) is 2. The van der Waals surface area contributed by atoms with Crippen molar-refractivity contribution in [3.8, 4) is 5.75 Å². The van der Waals surface area contributed by atoms with Crippen LogP contribution in [0.4, 0.5) is 0 Å². The summed E-state index contributed by atoms with van der Waals surface area (Å²) in [6.07, 6.45) is 2.81. The van der Waals surface area contributed by atoms with E-state index in [-0.39, 0.29) is 5.91 Å². The number of amides is 1. The first-order valence-corrected chi connectivity index (χ1v) is 8.70. The minimum Gasteiger partial charge on any atom is -0.497 e. The van der Waals surface area contributed by atoms with Gasteiger partial charge in [-0.3, -0.25) is 14.7 Å². The maximum atomic E-state index is 12.2. The molecular weight excluding hydrogens is 314 g/mol. The predicted octanol–water partition coefficient (Wildman–Crippen LogP) is 2.58. The smallest absolute Gasteiger partial charge is 0.234 e. The zero-order valence-electron chi connectivity index (χ0n) is 14.8. The largest absolute Gasteiger partial charge is 0.497 e. The number of hydrogen-bond acceptors (Lipinski definition) is 4. The number of benzene rings is 1. The quantitative estimate of drug-likeness (QED) is 0.879. The number of aromatic nitrogens is 1. The van der Waals surface area contributed by atoms with Crippen molar-refractivity contribution in [1.29, 1.82) is 0 Å². The molecule has 132 valence electrons. The third kappa shape index (κ3) is 4.57. The fourth-order valence-corrected chi connectivity index (χ4v) is 3.37. The van der Waals surface area contributed by atoms with E-state index >= 15 is 0 Å². The topological polar surface area (TPSA) is 54.5 Å². The van der Waals surface area contributed by atoms with Crippen molar-refractivity contribution in [2.24, 2.45) is 0 Å². The Morgan fingerprint density at radius 2 is 2.08 bits per heavy atom. The third-order valence-electron chi connectivity index (χ3n) is 4.83. The molecule has 0 spiro atoms. The zero-order valence-corrected chi connectivity index (χ0v) is 14.8. The lowest BCUT2D eigenvalue weighted by Crippen LogP contribution is -2.38. The second kappa shape index (κ2) is 8.12. The van der Waals surface area contributed by atoms with Gasteiger partial charge in [-0.25, -0.2) is 0 Å². The van der Waals surface area contributed by atoms with E-state index in [2.05, 4.69) is 34.3 Å². The lowest BCUT2D eigenvalue weighted by molar-refractivity contribution is -0.122. The van der Waals surface area contributed by atoms with Crippen LogP contribution < -0.4 is 10.1 Å². The molecule has 1 aromatic carbocycles. The fraction of sp³-hybridized carbons (Fsp3) is 0.400. The Labute approximate surface area is 149 Å². The van der Waals surface area contributed by atoms with Crippen LogP contribution in [0, 0.1) is 0 Å². The molecule has 0 aliphatic carbocycles. The molecule has 2 atom stereocenters. The second-order valence-electron chi connectivity index (χ2n) is 6.58. The van der Waals surface area contributed by atoms with Gasteiger partial charge in [0.1, 0.15) is 5.75 Å². The SMILES string of the molecule is COc1ccc([C@@H]2C[C@@H](C)N(CC(=O)NCc3ccccn3)C2)cc1. The Balaban J connectivity index is 1.51. The average Bonchev–Trinajstić information content (AvgIpc) is 3.01. The van der Waals surface area contributed by atoms with Crippen molar-refractivity contribution in [3.05, 3.63) is 59.9 Å². The molecule has 0 radical (unpaired) electrons. The minimum atomic E-state index is 0.0490. The van der Waals surface area contributed by atoms with Gasteiger partial charge in [0.25, 0.3) is 0 Å². The predicted molar refractivity (Wildman–Crippen MR) is 97.5 cm³/mol. The van der Waals surface area contributed by atoms with Crippen molar-refractivity contribution in [2.45, 2.75) is 31.8 Å². The number of nitrogens with one attached hydrogen (secondary N) is 1. The Morgan fingerprint density at radius 3 is 2.76 bits per heavy atom. The van der Waals surface area contributed by atoms with E-state index in [1.807, 2.05) is 30.3 Å². The van der Waals surface area contributed by atoms with E-state index in [0.29, 0.717) is 25.0 Å². The first kappa shape index (κ1) is 17.4. The second-order valence-corrected chi connectivity index (χ2v) is 6.58. The van der Waals surface area contributed by atoms with Gasteiger partial charge in [-0.05, 0) is 49.1 Å². The number of pyridine rings is 1. The Hall–Kier alpha value is -2.40. The molecule has 1 N–H and O–H groups in total. The van der Waals surface area contributed by atoms with Gasteiger partial charge in [0.2, 0.25) is 5.91 Å². The van der Waals surface area contributed by atoms with Gasteiger partial charge in [0.15, 0.2) is 0 Å². The highest BCUT2D eigenvalue weighted by molar-refractivity contribution is 5.78. The van der Waals surface area contributed by atoms with E-state index in [1.54, 1.807) is 13.3 Å². The Bertz CT molecular complexity index is 688. The van der Waals surface area contributed by atoms with E-state index in [4.69, 9.17) is 4.74 Å². The highest BCUT2D eigenvalue weighted by atomic mass is 16.5. The van der Waals surface area contributed by atoms with E-state index in [0.717, 1.165) is 24.4 Å². The summed E-state index contributed by atoms with van der Waals surface area (Å²) in [7, 11) is 1.68. The highest BCUT2D eigenvalue weighted by Crippen LogP contribution is 2.32. The van der Waals surface area contributed by atoms with Gasteiger partial charge in [-0.2, -0.15) is 0 Å². The van der Waals surface area contributed by atoms with Crippen LogP contribution in [0.5, 0.6) is 5.75 Å². The van der Waals surface area contributed by atoms with E-state index < -0.39 is 0 Å². The third-order valence-corrected chi connectivity index (χ3v) is 4.83. The van der Waals surface area contributed by atoms with Crippen molar-refractivity contribution in [1.82, 2.24) is 15.2 Å². The molecule has 25 heavy (non-hydrogen) atoms. The Morgan fingerprint density at radius 1 is 1.28 bits per heavy atom. The summed E-state index contributed by atoms with van der Waals surface area (Å²) >= 11 is 0. The molecule has 1 aromatic heterocycles. The number of ether oxygens (including phenoxy) is 1. The van der Waals surface area contributed by atoms with Crippen molar-refractivity contribution >= 4 is 5.91 Å². The number of rotatable bonds is 6. The maximum absolute atomic E-state index is 12.2. The van der Waals surface area contributed by atoms with Gasteiger partial charge in [0.05, 0.1) is 25.9 Å². The number of likely N-dealkylation sites (tertiary alicyclic amines) is 1. The van der Waals surface area contributed by atoms with Gasteiger partial charge in [-0.1, -0.05) is 18.2 Å². The van der Waals surface area contributed by atoms with Gasteiger partial charge in [-0.15, -0.1) is 0 Å². The molecule has 5 nitrogen and oxygen atoms in total. The number of carbonyl (C=O) groups excluding carboxylic acids is 1. The summed E-state index contributed by atoms with van der Waals surface area (Å²) in [6, 6.07) is 14.4. The van der Waals surface area contributed by atoms with Crippen molar-refractivity contribution in [2.75, 3.05) is 20.2 Å². The molecule has 2 aromatic rings. The molecular formula is C20H25N3O2. The molecule has 5 heteroatoms. The van der Waals surface area contributed by atoms with Crippen LogP contribution >= 0.6 is 0 Å². The molecule has 1 fully saturated rings. The van der Waals surface area contributed by atoms with Crippen molar-refractivity contribution < 1.29 is 9.53 Å². The summed E-state index contributed by atoms with van der Waals surface area (Å²) in [6.45, 7) is 4.00. The molecule has 1 amide bonds. The molecule has 0 unspecified atom stereocenters. The molecule has 3 rings (SSSR count). The molecule has 0 saturated carbocycles. The molecule has 2 heterocycles. The lowest BCUT2D eigenvalue weighted by atomic mass is 9.97. The van der Waals surface area contributed by atoms with Crippen molar-refractivity contribution in [3.63, 3.8) is 0 Å². The maximum Gasteiger partial charge on any atom is 0.234 e. The average molecular weight is 339 g/mol. The van der Waals surface area contributed by atoms with E-state index in [9.17, 15) is 4.79 Å². The van der Waals surface area contributed by atoms with Crippen LogP contribution in [0.25, 0.3) is 0 Å². The Kier molecular flexibility index (Phi) is 5.66. The van der Waals surface area contributed by atoms with Crippen LogP contribution in [-0.2, 0) is 11.3 Å². The summed E-state index contributed by atoms with van der Waals surface area (Å²) in [4.78, 5) is 18.7. The first-order chi connectivity index (χ1) is 12.2. The number of hydrogen-bond donors (Lipinski definition) is 1. The summed E-state index contributed by atoms with van der Waals surface area (Å²) in [5, 5.41) is 2.96. The normalized spacial score (nSPS) is 20.4. The van der Waals surface area contributed by atoms with Gasteiger partial charge >= 0.3 is 0 Å². The number of carbonyl (C=O) groups is 1. The lowest BCUT2D eigenvalue weighted by Gasteiger charge is -2.20. The molecule has 1 saturated heterocycles. The van der Waals surface area contributed by atoms with Gasteiger partial charge < -0.3 is 10.1 Å². The van der Waals surface area contributed by atoms with Crippen LogP contribution in [0.2, 0.25) is 0 Å². The van der Waals surface area contributed by atoms with Crippen LogP contribution in [-0.4, -0.2) is 42.0 Å². The van der Waals surface area contributed by atoms with E-state index in [1.165, 1.54) is 5.56 Å². The summed E-state index contributed by atoms with van der Waals surface area (Å²) < 4.78 is 5.22. The standard InChI is InChI=1S/C20H25N3O2/c1-15-11-17(16-6-8-19(25-2)9-7-16)13-23(15)14-20(24)22-12-18-5-3-4-10-21-18/h3-10,15,17H,11-14H2,1-2H3,(H,22,24)/t15-,17-/m1/s1. The molecule has 1 aliphatic rings. The first-order valence-electron chi connectivity index (χ1n) is 8.70. The minimum absolute atomic E-state index is 0.0490. The van der Waals surface area contributed by atoms with Crippen LogP contribution in [0.1, 0.15) is 30.5 Å². The van der Waals surface area contributed by atoms with Crippen LogP contribution in [0.3, 0.4) is 0 Å². The fourth-order valence-electron chi connectivity index (χ4n) is 3.37. The zero-order chi connectivity index (χ0) is 17.6.